The van der Waals surface area contributed by atoms with Crippen molar-refractivity contribution < 1.29 is 4.79 Å². The van der Waals surface area contributed by atoms with E-state index in [9.17, 15) is 4.79 Å². The predicted molar refractivity (Wildman–Crippen MR) is 39.1 cm³/mol. The van der Waals surface area contributed by atoms with Crippen molar-refractivity contribution in [1.29, 1.82) is 0 Å². The fraction of sp³-hybridized carbons (Fsp3) is 0.750. The number of rotatable bonds is 5. The van der Waals surface area contributed by atoms with Gasteiger partial charge in [0.25, 0.3) is 0 Å². The summed E-state index contributed by atoms with van der Waals surface area (Å²) in [4.78, 5) is 10.2. The lowest BCUT2D eigenvalue weighted by Gasteiger charge is -1.93. The molecule has 0 aliphatic rings. The normalized spacial score (nSPS) is 12.7. The zero-order chi connectivity index (χ0) is 7.11. The first-order valence-electron chi connectivity index (χ1n) is 3.63. The summed E-state index contributed by atoms with van der Waals surface area (Å²) in [5.41, 5.74) is 0. The molecular weight excluding hydrogens is 112 g/mol. The van der Waals surface area contributed by atoms with Gasteiger partial charge in [-0.2, -0.15) is 0 Å². The maximum Gasteiger partial charge on any atom is 0.167 e. The van der Waals surface area contributed by atoms with Crippen molar-refractivity contribution in [3.63, 3.8) is 0 Å². The van der Waals surface area contributed by atoms with Crippen molar-refractivity contribution in [3.8, 4) is 0 Å². The van der Waals surface area contributed by atoms with Crippen LogP contribution in [0, 0.1) is 12.3 Å². The van der Waals surface area contributed by atoms with Crippen LogP contribution in [0.1, 0.15) is 33.1 Å². The molecule has 0 aromatic rings. The maximum atomic E-state index is 10.2. The molecule has 0 fully saturated rings. The molecule has 0 heterocycles. The summed E-state index contributed by atoms with van der Waals surface area (Å²) in [6.07, 6.45) is 6.27. The van der Waals surface area contributed by atoms with E-state index in [4.69, 9.17) is 0 Å². The Morgan fingerprint density at radius 1 is 1.56 bits per heavy atom. The third kappa shape index (κ3) is 4.07. The Balaban J connectivity index is 3.20. The molecule has 1 nitrogen and oxygen atoms in total. The van der Waals surface area contributed by atoms with E-state index in [0.29, 0.717) is 0 Å². The minimum atomic E-state index is 0.199. The number of aldehydes is 1. The average molecular weight is 127 g/mol. The second-order valence-corrected chi connectivity index (χ2v) is 2.23. The van der Waals surface area contributed by atoms with Crippen LogP contribution in [0.5, 0.6) is 0 Å². The van der Waals surface area contributed by atoms with E-state index in [0.717, 1.165) is 25.5 Å². The Kier molecular flexibility index (Phi) is 5.38. The number of unbranched alkanes of at least 4 members (excludes halogenated alkanes) is 1. The molecular formula is C8H15O+. The largest absolute Gasteiger partial charge is 0.298 e. The van der Waals surface area contributed by atoms with Crippen LogP contribution < -0.4 is 0 Å². The quantitative estimate of drug-likeness (QED) is 0.409. The maximum absolute atomic E-state index is 10.2. The van der Waals surface area contributed by atoms with E-state index < -0.39 is 0 Å². The summed E-state index contributed by atoms with van der Waals surface area (Å²) >= 11 is 0. The minimum Gasteiger partial charge on any atom is -0.298 e. The summed E-state index contributed by atoms with van der Waals surface area (Å²) in [5.74, 6) is 0.199. The van der Waals surface area contributed by atoms with Gasteiger partial charge in [0.05, 0.1) is 12.8 Å². The molecule has 0 aliphatic carbocycles. The fourth-order valence-electron chi connectivity index (χ4n) is 0.699. The number of hydrogen-bond acceptors (Lipinski definition) is 1. The molecule has 1 heteroatoms. The zero-order valence-corrected chi connectivity index (χ0v) is 6.26. The molecule has 0 rings (SSSR count). The van der Waals surface area contributed by atoms with E-state index in [-0.39, 0.29) is 5.92 Å². The van der Waals surface area contributed by atoms with E-state index in [1.165, 1.54) is 0 Å². The van der Waals surface area contributed by atoms with Crippen molar-refractivity contribution in [2.24, 2.45) is 5.92 Å². The van der Waals surface area contributed by atoms with Gasteiger partial charge < -0.3 is 0 Å². The molecule has 0 saturated carbocycles. The van der Waals surface area contributed by atoms with Gasteiger partial charge in [-0.15, -0.1) is 0 Å². The molecule has 0 spiro atoms. The third-order valence-electron chi connectivity index (χ3n) is 1.40. The average Bonchev–Trinajstić information content (AvgIpc) is 1.91. The van der Waals surface area contributed by atoms with Crippen LogP contribution in [-0.2, 0) is 4.79 Å². The fourth-order valence-corrected chi connectivity index (χ4v) is 0.699. The van der Waals surface area contributed by atoms with Crippen LogP contribution in [-0.4, -0.2) is 6.29 Å². The Hall–Kier alpha value is -0.460. The van der Waals surface area contributed by atoms with Gasteiger partial charge in [-0.05, 0) is 12.8 Å². The van der Waals surface area contributed by atoms with Crippen molar-refractivity contribution in [1.82, 2.24) is 0 Å². The highest BCUT2D eigenvalue weighted by molar-refractivity contribution is 5.55. The molecule has 0 N–H and O–H groups in total. The third-order valence-corrected chi connectivity index (χ3v) is 1.40. The van der Waals surface area contributed by atoms with Crippen molar-refractivity contribution in [2.45, 2.75) is 33.1 Å². The van der Waals surface area contributed by atoms with E-state index in [1.807, 2.05) is 6.92 Å². The Morgan fingerprint density at radius 3 is 2.56 bits per heavy atom. The highest BCUT2D eigenvalue weighted by atomic mass is 16.1. The Morgan fingerprint density at radius 2 is 2.22 bits per heavy atom. The van der Waals surface area contributed by atoms with Crippen LogP contribution in [0.15, 0.2) is 0 Å². The molecule has 9 heavy (non-hydrogen) atoms. The molecule has 0 radical (unpaired) electrons. The molecule has 0 aromatic carbocycles. The Bertz CT molecular complexity index is 69.0. The van der Waals surface area contributed by atoms with Crippen LogP contribution in [0.25, 0.3) is 0 Å². The molecule has 1 unspecified atom stereocenters. The summed E-state index contributed by atoms with van der Waals surface area (Å²) < 4.78 is 0. The molecule has 0 bridgehead atoms. The van der Waals surface area contributed by atoms with Gasteiger partial charge in [0.15, 0.2) is 12.2 Å². The SMILES string of the molecule is CCC[CH+]C(C=O)CC. The first-order valence-corrected chi connectivity index (χ1v) is 3.63. The van der Waals surface area contributed by atoms with Gasteiger partial charge >= 0.3 is 0 Å². The molecule has 0 saturated heterocycles. The molecule has 0 aliphatic heterocycles. The summed E-state index contributed by atoms with van der Waals surface area (Å²) in [6.45, 7) is 4.15. The van der Waals surface area contributed by atoms with Gasteiger partial charge in [-0.25, -0.2) is 0 Å². The predicted octanol–water partition coefficient (Wildman–Crippen LogP) is 2.22. The van der Waals surface area contributed by atoms with Gasteiger partial charge in [-0.3, -0.25) is 4.79 Å². The van der Waals surface area contributed by atoms with Gasteiger partial charge in [0.2, 0.25) is 0 Å². The van der Waals surface area contributed by atoms with Crippen LogP contribution >= 0.6 is 0 Å². The first-order chi connectivity index (χ1) is 4.35. The zero-order valence-electron chi connectivity index (χ0n) is 6.26. The summed E-state index contributed by atoms with van der Waals surface area (Å²) in [7, 11) is 0. The van der Waals surface area contributed by atoms with Crippen LogP contribution in [0.2, 0.25) is 0 Å². The van der Waals surface area contributed by atoms with Gasteiger partial charge in [0, 0.05) is 0 Å². The van der Waals surface area contributed by atoms with E-state index >= 15 is 0 Å². The smallest absolute Gasteiger partial charge is 0.167 e. The lowest BCUT2D eigenvalue weighted by molar-refractivity contribution is -0.110. The van der Waals surface area contributed by atoms with Crippen LogP contribution in [0.3, 0.4) is 0 Å². The van der Waals surface area contributed by atoms with Crippen molar-refractivity contribution in [3.05, 3.63) is 6.42 Å². The van der Waals surface area contributed by atoms with Gasteiger partial charge in [0.1, 0.15) is 0 Å². The molecule has 1 atom stereocenters. The Labute approximate surface area is 57.5 Å². The van der Waals surface area contributed by atoms with Crippen molar-refractivity contribution >= 4 is 6.29 Å². The highest BCUT2D eigenvalue weighted by Gasteiger charge is 2.11. The highest BCUT2D eigenvalue weighted by Crippen LogP contribution is 2.07. The topological polar surface area (TPSA) is 17.1 Å². The molecule has 52 valence electrons. The first kappa shape index (κ1) is 8.54. The second kappa shape index (κ2) is 5.67. The standard InChI is InChI=1S/C8H15O/c1-3-5-6-8(4-2)7-9/h6-8H,3-5H2,1-2H3/q+1. The van der Waals surface area contributed by atoms with Gasteiger partial charge in [-0.1, -0.05) is 13.8 Å². The van der Waals surface area contributed by atoms with Crippen LogP contribution in [0.4, 0.5) is 0 Å². The number of hydrogen-bond donors (Lipinski definition) is 0. The molecule has 0 aromatic heterocycles. The number of carbonyl (C=O) groups excluding carboxylic acids is 1. The second-order valence-electron chi connectivity index (χ2n) is 2.23. The summed E-state index contributed by atoms with van der Waals surface area (Å²) in [5, 5.41) is 0. The molecule has 0 amide bonds. The van der Waals surface area contributed by atoms with E-state index in [1.54, 1.807) is 0 Å². The monoisotopic (exact) mass is 127 g/mol. The minimum absolute atomic E-state index is 0.199. The van der Waals surface area contributed by atoms with Crippen molar-refractivity contribution in [2.75, 3.05) is 0 Å². The number of carbonyl (C=O) groups is 1. The van der Waals surface area contributed by atoms with E-state index in [2.05, 4.69) is 13.3 Å². The summed E-state index contributed by atoms with van der Waals surface area (Å²) in [6, 6.07) is 0. The lowest BCUT2D eigenvalue weighted by atomic mass is 10.0. The lowest BCUT2D eigenvalue weighted by Crippen LogP contribution is -1.99.